The van der Waals surface area contributed by atoms with E-state index in [0.29, 0.717) is 28.5 Å². The monoisotopic (exact) mass is 248 g/mol. The Bertz CT molecular complexity index is 438. The van der Waals surface area contributed by atoms with Crippen LogP contribution in [0.25, 0.3) is 0 Å². The van der Waals surface area contributed by atoms with E-state index < -0.39 is 0 Å². The number of nitrogens with two attached hydrogens (primary N) is 1. The van der Waals surface area contributed by atoms with Crippen molar-refractivity contribution in [1.82, 2.24) is 0 Å². The number of hydrogen-bond donors (Lipinski definition) is 1. The lowest BCUT2D eigenvalue weighted by molar-refractivity contribution is 0.305. The van der Waals surface area contributed by atoms with Crippen LogP contribution in [0.15, 0.2) is 18.2 Å². The lowest BCUT2D eigenvalue weighted by Crippen LogP contribution is -2.10. The van der Waals surface area contributed by atoms with E-state index in [0.717, 1.165) is 19.3 Å². The Kier molecular flexibility index (Phi) is 5.44. The van der Waals surface area contributed by atoms with Gasteiger partial charge in [0, 0.05) is 5.56 Å². The van der Waals surface area contributed by atoms with Gasteiger partial charge in [-0.15, -0.1) is 0 Å². The van der Waals surface area contributed by atoms with Gasteiger partial charge in [-0.1, -0.05) is 32.0 Å². The molecular formula is C13H16N2OS. The Hall–Kier alpha value is -1.60. The molecule has 0 unspecified atom stereocenters. The van der Waals surface area contributed by atoms with Gasteiger partial charge >= 0.3 is 0 Å². The molecule has 0 radical (unpaired) electrons. The zero-order valence-corrected chi connectivity index (χ0v) is 10.7. The summed E-state index contributed by atoms with van der Waals surface area (Å²) in [7, 11) is 0. The minimum absolute atomic E-state index is 0.291. The van der Waals surface area contributed by atoms with Crippen LogP contribution in [-0.4, -0.2) is 11.6 Å². The second-order valence-corrected chi connectivity index (χ2v) is 4.18. The topological polar surface area (TPSA) is 59.0 Å². The normalized spacial score (nSPS) is 9.65. The summed E-state index contributed by atoms with van der Waals surface area (Å²) in [4.78, 5) is 0.291. The maximum absolute atomic E-state index is 9.01. The summed E-state index contributed by atoms with van der Waals surface area (Å²) in [5.74, 6) is 0.601. The molecule has 0 aliphatic rings. The van der Waals surface area contributed by atoms with Gasteiger partial charge in [0.05, 0.1) is 12.2 Å². The minimum atomic E-state index is 0.291. The van der Waals surface area contributed by atoms with Crippen molar-refractivity contribution in [3.63, 3.8) is 0 Å². The number of nitrogens with zero attached hydrogens (tertiary/aromatic N) is 1. The highest BCUT2D eigenvalue weighted by Crippen LogP contribution is 2.19. The highest BCUT2D eigenvalue weighted by atomic mass is 32.1. The van der Waals surface area contributed by atoms with Crippen molar-refractivity contribution >= 4 is 17.2 Å². The molecule has 1 rings (SSSR count). The van der Waals surface area contributed by atoms with Gasteiger partial charge in [-0.05, 0) is 24.6 Å². The van der Waals surface area contributed by atoms with Crippen LogP contribution < -0.4 is 10.5 Å². The lowest BCUT2D eigenvalue weighted by atomic mass is 10.1. The predicted molar refractivity (Wildman–Crippen MR) is 72.1 cm³/mol. The predicted octanol–water partition coefficient (Wildman–Crippen LogP) is 2.76. The zero-order chi connectivity index (χ0) is 12.7. The van der Waals surface area contributed by atoms with Crippen molar-refractivity contribution in [2.75, 3.05) is 6.61 Å². The molecule has 90 valence electrons. The fourth-order valence-electron chi connectivity index (χ4n) is 1.43. The molecule has 0 aliphatic carbocycles. The molecule has 0 aromatic heterocycles. The summed E-state index contributed by atoms with van der Waals surface area (Å²) in [5, 5.41) is 9.01. The Balaban J connectivity index is 2.73. The van der Waals surface area contributed by atoms with Gasteiger partial charge in [-0.25, -0.2) is 0 Å². The second-order valence-electron chi connectivity index (χ2n) is 3.74. The average molecular weight is 248 g/mol. The van der Waals surface area contributed by atoms with Crippen molar-refractivity contribution in [1.29, 1.82) is 5.26 Å². The van der Waals surface area contributed by atoms with Crippen LogP contribution in [0, 0.1) is 11.3 Å². The first-order valence-electron chi connectivity index (χ1n) is 5.65. The van der Waals surface area contributed by atoms with E-state index in [1.54, 1.807) is 18.2 Å². The molecule has 1 aromatic carbocycles. The largest absolute Gasteiger partial charge is 0.492 e. The second kappa shape index (κ2) is 6.87. The minimum Gasteiger partial charge on any atom is -0.492 e. The molecule has 0 fully saturated rings. The van der Waals surface area contributed by atoms with Crippen molar-refractivity contribution in [3.8, 4) is 11.8 Å². The number of thiocarbonyl (C=S) groups is 1. The molecule has 0 atom stereocenters. The van der Waals surface area contributed by atoms with Crippen LogP contribution in [0.4, 0.5) is 0 Å². The van der Waals surface area contributed by atoms with E-state index in [1.165, 1.54) is 0 Å². The lowest BCUT2D eigenvalue weighted by Gasteiger charge is -2.08. The smallest absolute Gasteiger partial charge is 0.137 e. The maximum Gasteiger partial charge on any atom is 0.137 e. The van der Waals surface area contributed by atoms with Crippen LogP contribution in [0.5, 0.6) is 5.75 Å². The summed E-state index contributed by atoms with van der Waals surface area (Å²) in [5.41, 5.74) is 6.68. The van der Waals surface area contributed by atoms with Crippen LogP contribution in [0.3, 0.4) is 0 Å². The van der Waals surface area contributed by atoms with E-state index in [-0.39, 0.29) is 0 Å². The van der Waals surface area contributed by atoms with Crippen molar-refractivity contribution in [3.05, 3.63) is 29.3 Å². The summed E-state index contributed by atoms with van der Waals surface area (Å²) in [6.07, 6.45) is 3.28. The molecule has 0 aliphatic heterocycles. The standard InChI is InChI=1S/C13H16N2OS/c1-2-3-4-7-16-12-6-5-10(13(15)17)8-11(12)9-14/h5-6,8H,2-4,7H2,1H3,(H2,15,17). The van der Waals surface area contributed by atoms with E-state index in [9.17, 15) is 0 Å². The molecule has 0 saturated heterocycles. The quantitative estimate of drug-likeness (QED) is 0.621. The molecule has 4 heteroatoms. The van der Waals surface area contributed by atoms with Crippen molar-refractivity contribution in [2.45, 2.75) is 26.2 Å². The van der Waals surface area contributed by atoms with Crippen LogP contribution in [-0.2, 0) is 0 Å². The SMILES string of the molecule is CCCCCOc1ccc(C(N)=S)cc1C#N. The van der Waals surface area contributed by atoms with Gasteiger partial charge in [0.15, 0.2) is 0 Å². The third-order valence-electron chi connectivity index (χ3n) is 2.39. The molecule has 0 spiro atoms. The number of hydrogen-bond acceptors (Lipinski definition) is 3. The fourth-order valence-corrected chi connectivity index (χ4v) is 1.56. The van der Waals surface area contributed by atoms with Gasteiger partial charge in [-0.3, -0.25) is 0 Å². The van der Waals surface area contributed by atoms with Gasteiger partial charge in [0.2, 0.25) is 0 Å². The Morgan fingerprint density at radius 2 is 2.24 bits per heavy atom. The maximum atomic E-state index is 9.01. The molecule has 0 amide bonds. The number of benzene rings is 1. The molecule has 0 heterocycles. The zero-order valence-electron chi connectivity index (χ0n) is 9.90. The summed E-state index contributed by atoms with van der Waals surface area (Å²) >= 11 is 4.86. The number of rotatable bonds is 6. The van der Waals surface area contributed by atoms with E-state index >= 15 is 0 Å². The number of ether oxygens (including phenoxy) is 1. The molecular weight excluding hydrogens is 232 g/mol. The first kappa shape index (κ1) is 13.5. The average Bonchev–Trinajstić information content (AvgIpc) is 2.34. The highest BCUT2D eigenvalue weighted by Gasteiger charge is 2.06. The van der Waals surface area contributed by atoms with Gasteiger partial charge in [-0.2, -0.15) is 5.26 Å². The first-order chi connectivity index (χ1) is 8.19. The molecule has 3 nitrogen and oxygen atoms in total. The van der Waals surface area contributed by atoms with Gasteiger partial charge < -0.3 is 10.5 Å². The summed E-state index contributed by atoms with van der Waals surface area (Å²) in [6, 6.07) is 7.28. The highest BCUT2D eigenvalue weighted by molar-refractivity contribution is 7.80. The Morgan fingerprint density at radius 3 is 2.82 bits per heavy atom. The Morgan fingerprint density at radius 1 is 1.47 bits per heavy atom. The van der Waals surface area contributed by atoms with Crippen molar-refractivity contribution < 1.29 is 4.74 Å². The molecule has 17 heavy (non-hydrogen) atoms. The third-order valence-corrected chi connectivity index (χ3v) is 2.63. The van der Waals surface area contributed by atoms with Gasteiger partial charge in [0.25, 0.3) is 0 Å². The van der Waals surface area contributed by atoms with E-state index in [1.807, 2.05) is 0 Å². The van der Waals surface area contributed by atoms with Crippen LogP contribution >= 0.6 is 12.2 Å². The third kappa shape index (κ3) is 4.04. The summed E-state index contributed by atoms with van der Waals surface area (Å²) < 4.78 is 5.56. The number of unbranched alkanes of at least 4 members (excludes halogenated alkanes) is 2. The fraction of sp³-hybridized carbons (Fsp3) is 0.385. The molecule has 2 N–H and O–H groups in total. The van der Waals surface area contributed by atoms with Crippen molar-refractivity contribution in [2.24, 2.45) is 5.73 Å². The van der Waals surface area contributed by atoms with Crippen LogP contribution in [0.1, 0.15) is 37.3 Å². The first-order valence-corrected chi connectivity index (χ1v) is 6.06. The molecule has 0 saturated carbocycles. The summed E-state index contributed by atoms with van der Waals surface area (Å²) in [6.45, 7) is 2.77. The van der Waals surface area contributed by atoms with E-state index in [2.05, 4.69) is 13.0 Å². The van der Waals surface area contributed by atoms with Crippen LogP contribution in [0.2, 0.25) is 0 Å². The Labute approximate surface area is 107 Å². The molecule has 1 aromatic rings. The number of nitriles is 1. The van der Waals surface area contributed by atoms with Gasteiger partial charge in [0.1, 0.15) is 16.8 Å². The molecule has 0 bridgehead atoms. The van der Waals surface area contributed by atoms with E-state index in [4.69, 9.17) is 28.0 Å².